The highest BCUT2D eigenvalue weighted by molar-refractivity contribution is 6.38. The fraction of sp³-hybridized carbons (Fsp3) is 0.750. The lowest BCUT2D eigenvalue weighted by atomic mass is 9.82. The van der Waals surface area contributed by atoms with Gasteiger partial charge in [-0.2, -0.15) is 0 Å². The second-order valence-electron chi connectivity index (χ2n) is 18.8. The molecule has 350 valence electrons. The molecule has 1 saturated carbocycles. The smallest absolute Gasteiger partial charge is 0.404 e. The Labute approximate surface area is 369 Å². The molecule has 2 saturated heterocycles. The van der Waals surface area contributed by atoms with Gasteiger partial charge in [0.15, 0.2) is 5.78 Å². The highest BCUT2D eigenvalue weighted by Gasteiger charge is 2.48. The van der Waals surface area contributed by atoms with Crippen molar-refractivity contribution >= 4 is 23.6 Å². The van der Waals surface area contributed by atoms with E-state index in [1.807, 2.05) is 57.2 Å². The SMILES string of the molecule is CO[C@H]1CC2CCC[C@@](O)(O2)C(=O)C(=O)N2CCCC[C@H]2CO[C@H]([C@H](N)C[C@H]2CC[C@H](OC(N)=O)CC2)CC[C@H](C)/C=C(\C)[C@@H](O)[C@@H](O)C(=O)C(C)C[C@H](C)/C=C/C=C/C=C/1C. The molecule has 0 radical (unpaired) electrons. The fourth-order valence-corrected chi connectivity index (χ4v) is 9.72. The third kappa shape index (κ3) is 15.2. The molecule has 14 heteroatoms. The van der Waals surface area contributed by atoms with Crippen LogP contribution < -0.4 is 11.5 Å². The van der Waals surface area contributed by atoms with Crippen molar-refractivity contribution in [3.05, 3.63) is 47.6 Å². The summed E-state index contributed by atoms with van der Waals surface area (Å²) in [5.41, 5.74) is 13.6. The van der Waals surface area contributed by atoms with E-state index in [1.165, 1.54) is 4.90 Å². The highest BCUT2D eigenvalue weighted by atomic mass is 16.6. The van der Waals surface area contributed by atoms with Crippen LogP contribution in [0.25, 0.3) is 0 Å². The number of carbonyl (C=O) groups excluding carboxylic acids is 4. The van der Waals surface area contributed by atoms with E-state index in [4.69, 9.17) is 30.4 Å². The van der Waals surface area contributed by atoms with Crippen LogP contribution in [0.5, 0.6) is 0 Å². The van der Waals surface area contributed by atoms with Gasteiger partial charge in [0.1, 0.15) is 18.3 Å². The molecule has 4 aliphatic rings. The number of aliphatic hydroxyl groups excluding tert-OH is 2. The van der Waals surface area contributed by atoms with Crippen molar-refractivity contribution in [1.82, 2.24) is 4.90 Å². The first-order valence-electron chi connectivity index (χ1n) is 23.1. The molecule has 2 bridgehead atoms. The summed E-state index contributed by atoms with van der Waals surface area (Å²) in [6.07, 6.45) is 15.3. The van der Waals surface area contributed by atoms with Crippen LogP contribution in [0.3, 0.4) is 0 Å². The summed E-state index contributed by atoms with van der Waals surface area (Å²) in [4.78, 5) is 54.1. The number of nitrogens with zero attached hydrogens (tertiary/aromatic N) is 1. The Hall–Kier alpha value is -3.24. The van der Waals surface area contributed by atoms with Crippen molar-refractivity contribution in [2.45, 2.75) is 185 Å². The molecule has 7 N–H and O–H groups in total. The largest absolute Gasteiger partial charge is 0.446 e. The molecule has 0 spiro atoms. The van der Waals surface area contributed by atoms with Gasteiger partial charge in [0.2, 0.25) is 5.79 Å². The van der Waals surface area contributed by atoms with E-state index in [0.29, 0.717) is 82.7 Å². The lowest BCUT2D eigenvalue weighted by Gasteiger charge is -2.40. The minimum atomic E-state index is -2.25. The van der Waals surface area contributed by atoms with E-state index in [9.17, 15) is 34.5 Å². The van der Waals surface area contributed by atoms with E-state index in [-0.39, 0.29) is 49.0 Å². The van der Waals surface area contributed by atoms with Crippen LogP contribution in [-0.2, 0) is 33.3 Å². The van der Waals surface area contributed by atoms with Crippen LogP contribution in [0.15, 0.2) is 47.6 Å². The quantitative estimate of drug-likeness (QED) is 0.165. The number of ether oxygens (including phenoxy) is 4. The molecule has 2 amide bonds. The maximum Gasteiger partial charge on any atom is 0.404 e. The van der Waals surface area contributed by atoms with Crippen LogP contribution in [0, 0.1) is 23.7 Å². The first kappa shape index (κ1) is 51.4. The van der Waals surface area contributed by atoms with Gasteiger partial charge in [-0.15, -0.1) is 0 Å². The average molecular weight is 872 g/mol. The van der Waals surface area contributed by atoms with Crippen molar-refractivity contribution in [3.63, 3.8) is 0 Å². The minimum absolute atomic E-state index is 0.0194. The van der Waals surface area contributed by atoms with Gasteiger partial charge < -0.3 is 50.6 Å². The van der Waals surface area contributed by atoms with Gasteiger partial charge in [0, 0.05) is 38.5 Å². The summed E-state index contributed by atoms with van der Waals surface area (Å²) < 4.78 is 23.8. The maximum absolute atomic E-state index is 14.0. The monoisotopic (exact) mass is 872 g/mol. The minimum Gasteiger partial charge on any atom is -0.446 e. The summed E-state index contributed by atoms with van der Waals surface area (Å²) in [5, 5.41) is 33.8. The van der Waals surface area contributed by atoms with E-state index < -0.39 is 65.7 Å². The van der Waals surface area contributed by atoms with Gasteiger partial charge in [-0.3, -0.25) is 14.4 Å². The second kappa shape index (κ2) is 24.7. The van der Waals surface area contributed by atoms with Crippen molar-refractivity contribution in [2.75, 3.05) is 20.3 Å². The van der Waals surface area contributed by atoms with Crippen LogP contribution in [0.2, 0.25) is 0 Å². The zero-order chi connectivity index (χ0) is 45.6. The van der Waals surface area contributed by atoms with Crippen LogP contribution in [-0.4, -0.2) is 119 Å². The predicted molar refractivity (Wildman–Crippen MR) is 236 cm³/mol. The number of hydrogen-bond acceptors (Lipinski definition) is 12. The summed E-state index contributed by atoms with van der Waals surface area (Å²) in [7, 11) is 1.60. The number of fused-ring (bicyclic) bond motifs is 3. The van der Waals surface area contributed by atoms with Crippen LogP contribution in [0.4, 0.5) is 4.79 Å². The number of hydrogen-bond donors (Lipinski definition) is 5. The van der Waals surface area contributed by atoms with Crippen molar-refractivity contribution < 1.29 is 53.4 Å². The predicted octanol–water partition coefficient (Wildman–Crippen LogP) is 5.74. The Balaban J connectivity index is 1.59. The zero-order valence-electron chi connectivity index (χ0n) is 38.1. The van der Waals surface area contributed by atoms with E-state index in [2.05, 4.69) is 0 Å². The molecule has 3 aliphatic heterocycles. The number of methoxy groups -OCH3 is 1. The number of ketones is 2. The van der Waals surface area contributed by atoms with Crippen molar-refractivity contribution in [2.24, 2.45) is 35.1 Å². The number of aliphatic hydroxyl groups is 3. The number of piperidine rings is 1. The van der Waals surface area contributed by atoms with E-state index in [1.54, 1.807) is 21.0 Å². The zero-order valence-corrected chi connectivity index (χ0v) is 38.1. The fourth-order valence-electron chi connectivity index (χ4n) is 9.72. The van der Waals surface area contributed by atoms with Crippen molar-refractivity contribution in [1.29, 1.82) is 0 Å². The number of amides is 2. The highest BCUT2D eigenvalue weighted by Crippen LogP contribution is 2.34. The van der Waals surface area contributed by atoms with Crippen molar-refractivity contribution in [3.8, 4) is 0 Å². The molecule has 2 unspecified atom stereocenters. The van der Waals surface area contributed by atoms with Gasteiger partial charge in [-0.05, 0) is 126 Å². The second-order valence-corrected chi connectivity index (χ2v) is 18.8. The first-order valence-corrected chi connectivity index (χ1v) is 23.1. The molecular weight excluding hydrogens is 795 g/mol. The number of Topliss-reactive ketones (excluding diaryl/α,β-unsaturated/α-hetero) is 2. The Kier molecular flexibility index (Phi) is 20.5. The average Bonchev–Trinajstić information content (AvgIpc) is 3.24. The molecular formula is C48H77N3O11. The topological polar surface area (TPSA) is 221 Å². The molecule has 3 fully saturated rings. The summed E-state index contributed by atoms with van der Waals surface area (Å²) >= 11 is 0. The number of nitrogens with two attached hydrogens (primary N) is 2. The maximum atomic E-state index is 14.0. The molecule has 1 aliphatic carbocycles. The molecule has 11 atom stereocenters. The first-order chi connectivity index (χ1) is 29.4. The Morgan fingerprint density at radius 2 is 1.63 bits per heavy atom. The summed E-state index contributed by atoms with van der Waals surface area (Å²) in [6, 6.07) is -0.782. The van der Waals surface area contributed by atoms with Crippen LogP contribution >= 0.6 is 0 Å². The summed E-state index contributed by atoms with van der Waals surface area (Å²) in [5.74, 6) is -4.64. The number of rotatable bonds is 5. The third-order valence-electron chi connectivity index (χ3n) is 13.5. The Bertz CT molecular complexity index is 1610. The van der Waals surface area contributed by atoms with E-state index >= 15 is 0 Å². The van der Waals surface area contributed by atoms with Gasteiger partial charge in [-0.1, -0.05) is 57.2 Å². The molecule has 0 aromatic rings. The van der Waals surface area contributed by atoms with Gasteiger partial charge in [0.25, 0.3) is 11.7 Å². The number of allylic oxidation sites excluding steroid dienone is 6. The molecule has 3 heterocycles. The Morgan fingerprint density at radius 3 is 2.32 bits per heavy atom. The molecule has 14 nitrogen and oxygen atoms in total. The van der Waals surface area contributed by atoms with Gasteiger partial charge in [0.05, 0.1) is 31.0 Å². The lowest BCUT2D eigenvalue weighted by molar-refractivity contribution is -0.245. The normalized spacial score (nSPS) is 39.3. The molecule has 0 aromatic carbocycles. The standard InChI is InChI=1S/C48H77N3O11/c1-30-13-8-7-9-14-32(3)41(59-6)28-38-16-12-23-48(58,62-38)45(55)46(56)51-24-11-10-15-36(51)29-60-40(39(49)27-35-18-20-37(21-19-35)61-47(50)57)22-17-31(2)26-34(5)43(53)44(54)42(52)33(4)25-30/h7-9,13-14,26,30-31,33,35-41,43-44,53-54,58H,10-12,15-25,27-29,49H2,1-6H3,(H2,50,57)/b9-7+,13-8+,32-14+,34-26+/t30-,31+,33?,35-,36+,37-,38?,39-,40+,41+,43-,44+,48-/m1/s1. The van der Waals surface area contributed by atoms with Crippen LogP contribution in [0.1, 0.15) is 131 Å². The summed E-state index contributed by atoms with van der Waals surface area (Å²) in [6.45, 7) is 9.92. The number of primary amides is 1. The lowest BCUT2D eigenvalue weighted by Crippen LogP contribution is -2.57. The van der Waals surface area contributed by atoms with Gasteiger partial charge >= 0.3 is 6.09 Å². The third-order valence-corrected chi connectivity index (χ3v) is 13.5. The van der Waals surface area contributed by atoms with Gasteiger partial charge in [-0.25, -0.2) is 4.79 Å². The number of carbonyl (C=O) groups is 4. The molecule has 4 rings (SSSR count). The van der Waals surface area contributed by atoms with E-state index in [0.717, 1.165) is 24.8 Å². The molecule has 62 heavy (non-hydrogen) atoms. The molecule has 0 aromatic heterocycles. The Morgan fingerprint density at radius 1 is 0.903 bits per heavy atom.